The Morgan fingerprint density at radius 2 is 2.00 bits per heavy atom. The van der Waals surface area contributed by atoms with Crippen molar-refractivity contribution in [1.29, 1.82) is 10.5 Å². The second kappa shape index (κ2) is 8.78. The smallest absolute Gasteiger partial charge is 0.350 e. The highest BCUT2D eigenvalue weighted by Crippen LogP contribution is 2.14. The van der Waals surface area contributed by atoms with E-state index in [2.05, 4.69) is 25.8 Å². The van der Waals surface area contributed by atoms with Crippen LogP contribution in [0.5, 0.6) is 0 Å². The number of allylic oxidation sites excluding steroid dienone is 1. The zero-order chi connectivity index (χ0) is 19.8. The molecule has 0 atom stereocenters. The zero-order valence-electron chi connectivity index (χ0n) is 14.3. The maximum Gasteiger partial charge on any atom is 0.350 e. The quantitative estimate of drug-likeness (QED) is 0.224. The van der Waals surface area contributed by atoms with Crippen LogP contribution in [0.4, 0.5) is 5.69 Å². The van der Waals surface area contributed by atoms with Crippen LogP contribution >= 0.6 is 0 Å². The molecule has 4 N–H and O–H groups in total. The molecule has 1 aliphatic rings. The molecule has 0 aliphatic carbocycles. The van der Waals surface area contributed by atoms with E-state index in [9.17, 15) is 9.59 Å². The third-order valence-corrected chi connectivity index (χ3v) is 3.55. The Morgan fingerprint density at radius 1 is 1.30 bits per heavy atom. The van der Waals surface area contributed by atoms with E-state index >= 15 is 0 Å². The molecule has 1 aromatic rings. The minimum Gasteiger partial charge on any atom is -0.465 e. The van der Waals surface area contributed by atoms with E-state index in [4.69, 9.17) is 16.3 Å². The minimum absolute atomic E-state index is 0.121. The predicted molar refractivity (Wildman–Crippen MR) is 95.9 cm³/mol. The molecule has 136 valence electrons. The van der Waals surface area contributed by atoms with Crippen LogP contribution in [0.25, 0.3) is 0 Å². The van der Waals surface area contributed by atoms with Gasteiger partial charge in [-0.2, -0.15) is 20.7 Å². The van der Waals surface area contributed by atoms with Crippen molar-refractivity contribution in [3.05, 3.63) is 41.1 Å². The highest BCUT2D eigenvalue weighted by atomic mass is 16.5. The number of benzene rings is 1. The summed E-state index contributed by atoms with van der Waals surface area (Å²) in [5, 5.41) is 26.0. The van der Waals surface area contributed by atoms with Gasteiger partial charge in [0.05, 0.1) is 24.2 Å². The maximum atomic E-state index is 11.5. The fourth-order valence-corrected chi connectivity index (χ4v) is 2.12. The normalized spacial score (nSPS) is 14.7. The summed E-state index contributed by atoms with van der Waals surface area (Å²) in [4.78, 5) is 22.6. The van der Waals surface area contributed by atoms with Crippen LogP contribution in [0, 0.1) is 22.7 Å². The monoisotopic (exact) mass is 365 g/mol. The maximum absolute atomic E-state index is 11.5. The summed E-state index contributed by atoms with van der Waals surface area (Å²) in [6.07, 6.45) is 0.919. The topological polar surface area (TPSA) is 166 Å². The van der Waals surface area contributed by atoms with Gasteiger partial charge >= 0.3 is 5.97 Å². The molecule has 0 saturated heterocycles. The van der Waals surface area contributed by atoms with E-state index in [1.807, 2.05) is 0 Å². The SMILES string of the molecule is COC(=O)C(C#N)=C(N)C(C#N)=NNc1ccc(C2=NNC(=O)CC2)cc1. The second-order valence-corrected chi connectivity index (χ2v) is 5.25. The van der Waals surface area contributed by atoms with Crippen LogP contribution in [0.3, 0.4) is 0 Å². The summed E-state index contributed by atoms with van der Waals surface area (Å²) in [5.41, 5.74) is 11.6. The van der Waals surface area contributed by atoms with Gasteiger partial charge < -0.3 is 10.5 Å². The standard InChI is InChI=1S/C17H15N7O3/c1-27-17(26)12(8-18)16(20)14(9-19)23-21-11-4-2-10(3-5-11)13-6-7-15(25)24-22-13/h2-5,21H,6-7,20H2,1H3,(H,24,25). The largest absolute Gasteiger partial charge is 0.465 e. The van der Waals surface area contributed by atoms with E-state index in [-0.39, 0.29) is 17.3 Å². The van der Waals surface area contributed by atoms with Gasteiger partial charge in [-0.05, 0) is 17.7 Å². The number of rotatable bonds is 5. The lowest BCUT2D eigenvalue weighted by Gasteiger charge is -2.12. The Morgan fingerprint density at radius 3 is 2.52 bits per heavy atom. The number of hydrogen-bond donors (Lipinski definition) is 3. The van der Waals surface area contributed by atoms with Crippen LogP contribution < -0.4 is 16.6 Å². The molecular weight excluding hydrogens is 350 g/mol. The number of carbonyl (C=O) groups excluding carboxylic acids is 2. The molecule has 0 bridgehead atoms. The Labute approximate surface area is 154 Å². The summed E-state index contributed by atoms with van der Waals surface area (Å²) in [6.45, 7) is 0. The molecule has 2 rings (SSSR count). The van der Waals surface area contributed by atoms with E-state index in [0.29, 0.717) is 18.5 Å². The molecule has 0 aromatic heterocycles. The number of methoxy groups -OCH3 is 1. The molecule has 1 heterocycles. The number of carbonyl (C=O) groups is 2. The molecule has 0 radical (unpaired) electrons. The molecule has 0 fully saturated rings. The van der Waals surface area contributed by atoms with Gasteiger partial charge in [0.25, 0.3) is 0 Å². The summed E-state index contributed by atoms with van der Waals surface area (Å²) in [7, 11) is 1.10. The number of anilines is 1. The number of nitrogens with one attached hydrogen (secondary N) is 2. The number of hydrogen-bond acceptors (Lipinski definition) is 9. The molecule has 10 heteroatoms. The van der Waals surface area contributed by atoms with Crippen LogP contribution in [-0.2, 0) is 14.3 Å². The molecule has 0 spiro atoms. The minimum atomic E-state index is -0.956. The lowest BCUT2D eigenvalue weighted by Crippen LogP contribution is -2.25. The fourth-order valence-electron chi connectivity index (χ4n) is 2.12. The average Bonchev–Trinajstić information content (AvgIpc) is 2.70. The van der Waals surface area contributed by atoms with Crippen molar-refractivity contribution >= 4 is 29.0 Å². The highest BCUT2D eigenvalue weighted by molar-refractivity contribution is 6.15. The third kappa shape index (κ3) is 4.67. The third-order valence-electron chi connectivity index (χ3n) is 3.55. The van der Waals surface area contributed by atoms with E-state index in [0.717, 1.165) is 18.4 Å². The Kier molecular flexibility index (Phi) is 6.23. The number of nitrogens with two attached hydrogens (primary N) is 1. The van der Waals surface area contributed by atoms with E-state index < -0.39 is 11.5 Å². The first-order chi connectivity index (χ1) is 13.0. The van der Waals surface area contributed by atoms with Crippen LogP contribution in [-0.4, -0.2) is 30.4 Å². The number of amides is 1. The fraction of sp³-hybridized carbons (Fsp3) is 0.176. The van der Waals surface area contributed by atoms with Crippen molar-refractivity contribution in [1.82, 2.24) is 5.43 Å². The molecule has 0 saturated carbocycles. The van der Waals surface area contributed by atoms with Gasteiger partial charge in [-0.3, -0.25) is 10.2 Å². The lowest BCUT2D eigenvalue weighted by molar-refractivity contribution is -0.135. The average molecular weight is 365 g/mol. The highest BCUT2D eigenvalue weighted by Gasteiger charge is 2.18. The first kappa shape index (κ1) is 19.1. The number of nitrogens with zero attached hydrogens (tertiary/aromatic N) is 4. The molecule has 1 amide bonds. The second-order valence-electron chi connectivity index (χ2n) is 5.25. The van der Waals surface area contributed by atoms with Crippen molar-refractivity contribution in [2.24, 2.45) is 15.9 Å². The Bertz CT molecular complexity index is 931. The van der Waals surface area contributed by atoms with Crippen molar-refractivity contribution in [2.45, 2.75) is 12.8 Å². The van der Waals surface area contributed by atoms with Crippen molar-refractivity contribution in [3.8, 4) is 12.1 Å². The summed E-state index contributed by atoms with van der Waals surface area (Å²) < 4.78 is 4.44. The zero-order valence-corrected chi connectivity index (χ0v) is 14.3. The summed E-state index contributed by atoms with van der Waals surface area (Å²) in [6, 6.07) is 10.2. The number of hydrazone groups is 2. The summed E-state index contributed by atoms with van der Waals surface area (Å²) in [5.74, 6) is -1.08. The van der Waals surface area contributed by atoms with Crippen molar-refractivity contribution in [2.75, 3.05) is 12.5 Å². The van der Waals surface area contributed by atoms with Gasteiger partial charge in [0.1, 0.15) is 12.1 Å². The predicted octanol–water partition coefficient (Wildman–Crippen LogP) is 0.502. The van der Waals surface area contributed by atoms with E-state index in [1.165, 1.54) is 0 Å². The number of esters is 1. The van der Waals surface area contributed by atoms with Gasteiger partial charge in [-0.25, -0.2) is 10.2 Å². The number of nitriles is 2. The first-order valence-corrected chi connectivity index (χ1v) is 7.68. The van der Waals surface area contributed by atoms with Gasteiger partial charge in [0, 0.05) is 12.8 Å². The van der Waals surface area contributed by atoms with Crippen LogP contribution in [0.1, 0.15) is 18.4 Å². The Hall–Kier alpha value is -4.18. The molecule has 0 unspecified atom stereocenters. The molecule has 1 aromatic carbocycles. The van der Waals surface area contributed by atoms with Gasteiger partial charge in [0.2, 0.25) is 5.91 Å². The lowest BCUT2D eigenvalue weighted by atomic mass is 10.0. The van der Waals surface area contributed by atoms with Crippen molar-refractivity contribution in [3.63, 3.8) is 0 Å². The van der Waals surface area contributed by atoms with Gasteiger partial charge in [-0.15, -0.1) is 0 Å². The molecule has 27 heavy (non-hydrogen) atoms. The Balaban J connectivity index is 2.17. The molecule has 1 aliphatic heterocycles. The summed E-state index contributed by atoms with van der Waals surface area (Å²) >= 11 is 0. The first-order valence-electron chi connectivity index (χ1n) is 7.68. The van der Waals surface area contributed by atoms with Gasteiger partial charge in [-0.1, -0.05) is 12.1 Å². The van der Waals surface area contributed by atoms with Crippen LogP contribution in [0.15, 0.2) is 45.7 Å². The van der Waals surface area contributed by atoms with Gasteiger partial charge in [0.15, 0.2) is 11.3 Å². The van der Waals surface area contributed by atoms with E-state index in [1.54, 1.807) is 36.4 Å². The molecular formula is C17H15N7O3. The molecule has 10 nitrogen and oxygen atoms in total. The van der Waals surface area contributed by atoms with Crippen molar-refractivity contribution < 1.29 is 14.3 Å². The number of ether oxygens (including phenoxy) is 1. The van der Waals surface area contributed by atoms with Crippen LogP contribution in [0.2, 0.25) is 0 Å².